The van der Waals surface area contributed by atoms with Crippen molar-refractivity contribution in [2.45, 2.75) is 52.1 Å². The lowest BCUT2D eigenvalue weighted by Gasteiger charge is -2.31. The zero-order valence-electron chi connectivity index (χ0n) is 13.1. The zero-order valence-corrected chi connectivity index (χ0v) is 13.1. The van der Waals surface area contributed by atoms with Crippen molar-refractivity contribution < 1.29 is 9.53 Å². The summed E-state index contributed by atoms with van der Waals surface area (Å²) in [4.78, 5) is 14.5. The van der Waals surface area contributed by atoms with Gasteiger partial charge in [-0.25, -0.2) is 0 Å². The van der Waals surface area contributed by atoms with E-state index < -0.39 is 0 Å². The van der Waals surface area contributed by atoms with Gasteiger partial charge in [-0.05, 0) is 70.5 Å². The highest BCUT2D eigenvalue weighted by molar-refractivity contribution is 5.80. The molecule has 1 aliphatic carbocycles. The number of rotatable bonds is 8. The number of amides is 1. The number of hydrogen-bond donors (Lipinski definition) is 1. The minimum Gasteiger partial charge on any atom is -0.368 e. The van der Waals surface area contributed by atoms with E-state index in [-0.39, 0.29) is 12.0 Å². The first kappa shape index (κ1) is 15.8. The summed E-state index contributed by atoms with van der Waals surface area (Å²) in [7, 11) is 0. The van der Waals surface area contributed by atoms with Crippen molar-refractivity contribution in [3.05, 3.63) is 0 Å². The van der Waals surface area contributed by atoms with Crippen LogP contribution in [0.5, 0.6) is 0 Å². The molecule has 0 spiro atoms. The molecule has 0 aromatic carbocycles. The van der Waals surface area contributed by atoms with E-state index in [1.54, 1.807) is 0 Å². The van der Waals surface area contributed by atoms with E-state index in [4.69, 9.17) is 4.74 Å². The van der Waals surface area contributed by atoms with Crippen LogP contribution in [-0.2, 0) is 9.53 Å². The molecule has 0 aromatic rings. The second-order valence-corrected chi connectivity index (χ2v) is 6.45. The van der Waals surface area contributed by atoms with Gasteiger partial charge < -0.3 is 15.0 Å². The van der Waals surface area contributed by atoms with Crippen molar-refractivity contribution in [1.82, 2.24) is 10.2 Å². The Morgan fingerprint density at radius 1 is 1.25 bits per heavy atom. The molecule has 2 rings (SSSR count). The molecule has 2 aliphatic rings. The molecule has 0 radical (unpaired) electrons. The third kappa shape index (κ3) is 5.41. The largest absolute Gasteiger partial charge is 0.368 e. The summed E-state index contributed by atoms with van der Waals surface area (Å²) < 4.78 is 5.60. The Morgan fingerprint density at radius 3 is 2.55 bits per heavy atom. The van der Waals surface area contributed by atoms with Gasteiger partial charge >= 0.3 is 0 Å². The summed E-state index contributed by atoms with van der Waals surface area (Å²) in [5.74, 6) is 1.41. The van der Waals surface area contributed by atoms with E-state index in [0.717, 1.165) is 13.2 Å². The van der Waals surface area contributed by atoms with E-state index in [1.807, 2.05) is 6.92 Å². The normalized spacial score (nSPS) is 22.7. The first-order valence-corrected chi connectivity index (χ1v) is 8.30. The van der Waals surface area contributed by atoms with Crippen molar-refractivity contribution >= 4 is 5.91 Å². The SMILES string of the molecule is CCCN1CCC(CNC(=O)[C@H](C)OCC2CC2)CC1. The summed E-state index contributed by atoms with van der Waals surface area (Å²) in [6.07, 6.45) is 5.89. The molecule has 1 saturated heterocycles. The molecule has 1 aliphatic heterocycles. The molecule has 1 N–H and O–H groups in total. The van der Waals surface area contributed by atoms with Gasteiger partial charge in [0.25, 0.3) is 0 Å². The quantitative estimate of drug-likeness (QED) is 0.741. The fourth-order valence-corrected chi connectivity index (χ4v) is 2.76. The Morgan fingerprint density at radius 2 is 1.95 bits per heavy atom. The Bertz CT molecular complexity index is 297. The number of likely N-dealkylation sites (tertiary alicyclic amines) is 1. The van der Waals surface area contributed by atoms with E-state index in [0.29, 0.717) is 11.8 Å². The van der Waals surface area contributed by atoms with Crippen LogP contribution in [-0.4, -0.2) is 49.7 Å². The van der Waals surface area contributed by atoms with Crippen LogP contribution >= 0.6 is 0 Å². The van der Waals surface area contributed by atoms with Gasteiger partial charge in [-0.1, -0.05) is 6.92 Å². The summed E-state index contributed by atoms with van der Waals surface area (Å²) in [5.41, 5.74) is 0. The monoisotopic (exact) mass is 282 g/mol. The molecule has 0 aromatic heterocycles. The molecule has 1 amide bonds. The number of carbonyl (C=O) groups is 1. The Kier molecular flexibility index (Phi) is 6.30. The third-order valence-electron chi connectivity index (χ3n) is 4.46. The van der Waals surface area contributed by atoms with Crippen LogP contribution in [0.4, 0.5) is 0 Å². The molecule has 4 nitrogen and oxygen atoms in total. The molecule has 4 heteroatoms. The lowest BCUT2D eigenvalue weighted by atomic mass is 9.96. The minimum atomic E-state index is -0.296. The fraction of sp³-hybridized carbons (Fsp3) is 0.938. The topological polar surface area (TPSA) is 41.6 Å². The summed E-state index contributed by atoms with van der Waals surface area (Å²) >= 11 is 0. The zero-order chi connectivity index (χ0) is 14.4. The maximum atomic E-state index is 11.9. The predicted octanol–water partition coefficient (Wildman–Crippen LogP) is 2.04. The molecule has 1 atom stereocenters. The second-order valence-electron chi connectivity index (χ2n) is 6.45. The Hall–Kier alpha value is -0.610. The van der Waals surface area contributed by atoms with Crippen molar-refractivity contribution in [1.29, 1.82) is 0 Å². The molecule has 1 saturated carbocycles. The van der Waals surface area contributed by atoms with E-state index in [1.165, 1.54) is 51.7 Å². The number of nitrogens with zero attached hydrogens (tertiary/aromatic N) is 1. The molecule has 1 heterocycles. The molecule has 0 unspecified atom stereocenters. The standard InChI is InChI=1S/C16H30N2O2/c1-3-8-18-9-6-14(7-10-18)11-17-16(19)13(2)20-12-15-4-5-15/h13-15H,3-12H2,1-2H3,(H,17,19)/t13-/m0/s1. The molecular weight excluding hydrogens is 252 g/mol. The van der Waals surface area contributed by atoms with Gasteiger partial charge in [-0.2, -0.15) is 0 Å². The molecule has 0 bridgehead atoms. The highest BCUT2D eigenvalue weighted by atomic mass is 16.5. The molecule has 20 heavy (non-hydrogen) atoms. The second kappa shape index (κ2) is 7.99. The maximum absolute atomic E-state index is 11.9. The molecule has 116 valence electrons. The van der Waals surface area contributed by atoms with Gasteiger partial charge in [0.2, 0.25) is 5.91 Å². The lowest BCUT2D eigenvalue weighted by Crippen LogP contribution is -2.41. The number of ether oxygens (including phenoxy) is 1. The number of carbonyl (C=O) groups excluding carboxylic acids is 1. The van der Waals surface area contributed by atoms with E-state index in [2.05, 4.69) is 17.1 Å². The first-order valence-electron chi connectivity index (χ1n) is 8.30. The van der Waals surface area contributed by atoms with Gasteiger partial charge in [0.15, 0.2) is 0 Å². The predicted molar refractivity (Wildman–Crippen MR) is 80.6 cm³/mol. The van der Waals surface area contributed by atoms with Crippen molar-refractivity contribution in [3.8, 4) is 0 Å². The number of hydrogen-bond acceptors (Lipinski definition) is 3. The van der Waals surface area contributed by atoms with Gasteiger partial charge in [-0.15, -0.1) is 0 Å². The van der Waals surface area contributed by atoms with E-state index in [9.17, 15) is 4.79 Å². The molecular formula is C16H30N2O2. The van der Waals surface area contributed by atoms with Crippen LogP contribution in [0.2, 0.25) is 0 Å². The third-order valence-corrected chi connectivity index (χ3v) is 4.46. The van der Waals surface area contributed by atoms with Crippen LogP contribution in [0.1, 0.15) is 46.0 Å². The van der Waals surface area contributed by atoms with Crippen LogP contribution in [0, 0.1) is 11.8 Å². The number of piperidine rings is 1. The Balaban J connectivity index is 1.56. The van der Waals surface area contributed by atoms with Crippen LogP contribution in [0.3, 0.4) is 0 Å². The minimum absolute atomic E-state index is 0.0571. The maximum Gasteiger partial charge on any atom is 0.248 e. The van der Waals surface area contributed by atoms with E-state index >= 15 is 0 Å². The van der Waals surface area contributed by atoms with Gasteiger partial charge in [0, 0.05) is 6.54 Å². The fourth-order valence-electron chi connectivity index (χ4n) is 2.76. The van der Waals surface area contributed by atoms with Gasteiger partial charge in [0.1, 0.15) is 6.10 Å². The van der Waals surface area contributed by atoms with Crippen molar-refractivity contribution in [2.75, 3.05) is 32.8 Å². The van der Waals surface area contributed by atoms with Crippen molar-refractivity contribution in [2.24, 2.45) is 11.8 Å². The van der Waals surface area contributed by atoms with Crippen molar-refractivity contribution in [3.63, 3.8) is 0 Å². The lowest BCUT2D eigenvalue weighted by molar-refractivity contribution is -0.132. The highest BCUT2D eigenvalue weighted by Gasteiger charge is 2.24. The number of nitrogens with one attached hydrogen (secondary N) is 1. The average Bonchev–Trinajstić information content (AvgIpc) is 3.28. The summed E-state index contributed by atoms with van der Waals surface area (Å²) in [6, 6.07) is 0. The van der Waals surface area contributed by atoms with Gasteiger partial charge in [0.05, 0.1) is 6.61 Å². The molecule has 2 fully saturated rings. The first-order chi connectivity index (χ1) is 9.69. The summed E-state index contributed by atoms with van der Waals surface area (Å²) in [6.45, 7) is 9.24. The van der Waals surface area contributed by atoms with Crippen LogP contribution < -0.4 is 5.32 Å². The average molecular weight is 282 g/mol. The Labute approximate surface area is 123 Å². The highest BCUT2D eigenvalue weighted by Crippen LogP contribution is 2.29. The smallest absolute Gasteiger partial charge is 0.248 e. The van der Waals surface area contributed by atoms with Gasteiger partial charge in [-0.3, -0.25) is 4.79 Å². The van der Waals surface area contributed by atoms with Crippen LogP contribution in [0.25, 0.3) is 0 Å². The summed E-state index contributed by atoms with van der Waals surface area (Å²) in [5, 5.41) is 3.06. The van der Waals surface area contributed by atoms with Crippen LogP contribution in [0.15, 0.2) is 0 Å².